The smallest absolute Gasteiger partial charge is 0.164 e. The summed E-state index contributed by atoms with van der Waals surface area (Å²) in [6.07, 6.45) is 2.41. The van der Waals surface area contributed by atoms with Crippen molar-refractivity contribution in [2.75, 3.05) is 0 Å². The van der Waals surface area contributed by atoms with Crippen molar-refractivity contribution in [2.24, 2.45) is 7.05 Å². The van der Waals surface area contributed by atoms with Crippen LogP contribution in [0, 0.1) is 5.82 Å². The number of hydrogen-bond donors (Lipinski definition) is 0. The van der Waals surface area contributed by atoms with Crippen molar-refractivity contribution in [2.45, 2.75) is 0 Å². The minimum Gasteiger partial charge on any atom is -0.317 e. The lowest BCUT2D eigenvalue weighted by Gasteiger charge is -2.10. The lowest BCUT2D eigenvalue weighted by Crippen LogP contribution is -1.95. The zero-order valence-corrected chi connectivity index (χ0v) is 16.7. The average Bonchev–Trinajstić information content (AvgIpc) is 3.39. The molecule has 5 nitrogen and oxygen atoms in total. The molecule has 30 heavy (non-hydrogen) atoms. The van der Waals surface area contributed by atoms with Crippen LogP contribution >= 0.6 is 11.3 Å². The van der Waals surface area contributed by atoms with Crippen LogP contribution in [0.5, 0.6) is 0 Å². The fraction of sp³-hybridized carbons (Fsp3) is 0.0435. The lowest BCUT2D eigenvalue weighted by molar-refractivity contribution is 0.112. The van der Waals surface area contributed by atoms with Crippen LogP contribution in [0.3, 0.4) is 0 Å². The normalized spacial score (nSPS) is 11.1. The van der Waals surface area contributed by atoms with Crippen molar-refractivity contribution in [1.82, 2.24) is 19.7 Å². The van der Waals surface area contributed by atoms with Gasteiger partial charge in [-0.3, -0.25) is 4.79 Å². The van der Waals surface area contributed by atoms with Crippen LogP contribution in [-0.2, 0) is 7.05 Å². The molecule has 0 saturated carbocycles. The molecular weight excluding hydrogens is 399 g/mol. The van der Waals surface area contributed by atoms with Gasteiger partial charge in [-0.1, -0.05) is 30.3 Å². The molecule has 3 aromatic carbocycles. The quantitative estimate of drug-likeness (QED) is 0.371. The van der Waals surface area contributed by atoms with Crippen LogP contribution in [0.1, 0.15) is 10.4 Å². The summed E-state index contributed by atoms with van der Waals surface area (Å²) in [5.74, 6) is 0.265. The van der Waals surface area contributed by atoms with E-state index in [2.05, 4.69) is 10.2 Å². The molecule has 0 N–H and O–H groups in total. The van der Waals surface area contributed by atoms with Gasteiger partial charge in [0.1, 0.15) is 23.4 Å². The van der Waals surface area contributed by atoms with Crippen LogP contribution in [0.25, 0.3) is 43.3 Å². The fourth-order valence-electron chi connectivity index (χ4n) is 3.44. The van der Waals surface area contributed by atoms with Crippen molar-refractivity contribution in [3.05, 3.63) is 78.4 Å². The molecule has 146 valence electrons. The molecule has 0 atom stereocenters. The highest BCUT2D eigenvalue weighted by atomic mass is 32.1. The van der Waals surface area contributed by atoms with Crippen LogP contribution in [0.4, 0.5) is 4.39 Å². The number of aryl methyl sites for hydroxylation is 1. The van der Waals surface area contributed by atoms with Gasteiger partial charge in [-0.2, -0.15) is 0 Å². The van der Waals surface area contributed by atoms with Crippen molar-refractivity contribution >= 4 is 27.8 Å². The zero-order chi connectivity index (χ0) is 20.7. The molecule has 0 aliphatic carbocycles. The number of carbonyl (C=O) groups is 1. The first-order valence-electron chi connectivity index (χ1n) is 9.23. The van der Waals surface area contributed by atoms with Gasteiger partial charge in [-0.25, -0.2) is 9.37 Å². The standard InChI is InChI=1S/C23H15FN4OS/c1-28-13-25-27-22(28)19-11-17(24)6-7-18(19)15-3-2-4-16(10-15)23-26-20-9-14(12-29)5-8-21(20)30-23/h2-13H,1H3. The van der Waals surface area contributed by atoms with Crippen LogP contribution in [0.15, 0.2) is 67.0 Å². The molecule has 0 fully saturated rings. The molecule has 0 bridgehead atoms. The van der Waals surface area contributed by atoms with E-state index in [1.165, 1.54) is 12.1 Å². The highest BCUT2D eigenvalue weighted by molar-refractivity contribution is 7.21. The summed E-state index contributed by atoms with van der Waals surface area (Å²) in [5, 5.41) is 8.93. The van der Waals surface area contributed by atoms with Gasteiger partial charge in [0.2, 0.25) is 0 Å². The van der Waals surface area contributed by atoms with Crippen molar-refractivity contribution in [1.29, 1.82) is 0 Å². The number of nitrogens with zero attached hydrogens (tertiary/aromatic N) is 4. The largest absolute Gasteiger partial charge is 0.317 e. The molecule has 5 rings (SSSR count). The first kappa shape index (κ1) is 18.3. The average molecular weight is 414 g/mol. The predicted molar refractivity (Wildman–Crippen MR) is 116 cm³/mol. The first-order chi connectivity index (χ1) is 14.6. The maximum atomic E-state index is 14.0. The molecule has 0 saturated heterocycles. The Hall–Kier alpha value is -3.71. The highest BCUT2D eigenvalue weighted by Gasteiger charge is 2.15. The summed E-state index contributed by atoms with van der Waals surface area (Å²) >= 11 is 1.57. The number of aldehydes is 1. The topological polar surface area (TPSA) is 60.7 Å². The minimum absolute atomic E-state index is 0.329. The van der Waals surface area contributed by atoms with E-state index in [1.54, 1.807) is 40.4 Å². The van der Waals surface area contributed by atoms with E-state index < -0.39 is 0 Å². The third-order valence-corrected chi connectivity index (χ3v) is 5.99. The van der Waals surface area contributed by atoms with Gasteiger partial charge in [0.15, 0.2) is 5.82 Å². The summed E-state index contributed by atoms with van der Waals surface area (Å²) < 4.78 is 16.8. The van der Waals surface area contributed by atoms with Crippen molar-refractivity contribution < 1.29 is 9.18 Å². The summed E-state index contributed by atoms with van der Waals surface area (Å²) in [7, 11) is 1.83. The van der Waals surface area contributed by atoms with Gasteiger partial charge in [-0.15, -0.1) is 21.5 Å². The fourth-order valence-corrected chi connectivity index (χ4v) is 4.38. The van der Waals surface area contributed by atoms with E-state index in [0.29, 0.717) is 17.0 Å². The number of carbonyl (C=O) groups excluding carboxylic acids is 1. The van der Waals surface area contributed by atoms with Crippen LogP contribution in [-0.4, -0.2) is 26.0 Å². The Kier molecular flexibility index (Phi) is 4.44. The summed E-state index contributed by atoms with van der Waals surface area (Å²) in [5.41, 5.74) is 4.82. The molecule has 2 heterocycles. The Labute approximate surface area is 175 Å². The second-order valence-electron chi connectivity index (χ2n) is 6.90. The molecule has 5 aromatic rings. The number of rotatable bonds is 4. The Balaban J connectivity index is 1.63. The Morgan fingerprint density at radius 3 is 2.67 bits per heavy atom. The zero-order valence-electron chi connectivity index (χ0n) is 15.9. The number of benzene rings is 3. The number of hydrogen-bond acceptors (Lipinski definition) is 5. The maximum Gasteiger partial charge on any atom is 0.164 e. The lowest BCUT2D eigenvalue weighted by atomic mass is 9.97. The number of thiazole rings is 1. The highest BCUT2D eigenvalue weighted by Crippen LogP contribution is 2.36. The second kappa shape index (κ2) is 7.27. The van der Waals surface area contributed by atoms with Gasteiger partial charge >= 0.3 is 0 Å². The molecule has 0 amide bonds. The Morgan fingerprint density at radius 1 is 1.00 bits per heavy atom. The molecule has 0 radical (unpaired) electrons. The van der Waals surface area contributed by atoms with Crippen LogP contribution in [0.2, 0.25) is 0 Å². The molecular formula is C23H15FN4OS. The molecule has 2 aromatic heterocycles. The summed E-state index contributed by atoms with van der Waals surface area (Å²) in [4.78, 5) is 15.7. The SMILES string of the molecule is Cn1cnnc1-c1cc(F)ccc1-c1cccc(-c2nc3cc(C=O)ccc3s2)c1. The molecule has 7 heteroatoms. The van der Waals surface area contributed by atoms with Crippen LogP contribution < -0.4 is 0 Å². The monoisotopic (exact) mass is 414 g/mol. The van der Waals surface area contributed by atoms with E-state index in [1.807, 2.05) is 37.4 Å². The predicted octanol–water partition coefficient (Wildman–Crippen LogP) is 5.38. The van der Waals surface area contributed by atoms with Gasteiger partial charge in [-0.05, 0) is 41.5 Å². The van der Waals surface area contributed by atoms with Gasteiger partial charge in [0.05, 0.1) is 10.2 Å². The van der Waals surface area contributed by atoms with E-state index in [-0.39, 0.29) is 5.82 Å². The second-order valence-corrected chi connectivity index (χ2v) is 7.93. The van der Waals surface area contributed by atoms with E-state index in [4.69, 9.17) is 4.98 Å². The van der Waals surface area contributed by atoms with E-state index >= 15 is 0 Å². The Morgan fingerprint density at radius 2 is 1.87 bits per heavy atom. The van der Waals surface area contributed by atoms with Gasteiger partial charge < -0.3 is 4.57 Å². The number of fused-ring (bicyclic) bond motifs is 1. The summed E-state index contributed by atoms with van der Waals surface area (Å²) in [6.45, 7) is 0. The molecule has 0 aliphatic rings. The van der Waals surface area contributed by atoms with Gasteiger partial charge in [0, 0.05) is 23.7 Å². The third kappa shape index (κ3) is 3.19. The Bertz CT molecular complexity index is 1410. The maximum absolute atomic E-state index is 14.0. The molecule has 0 aliphatic heterocycles. The first-order valence-corrected chi connectivity index (χ1v) is 10.0. The molecule has 0 unspecified atom stereocenters. The van der Waals surface area contributed by atoms with E-state index in [9.17, 15) is 9.18 Å². The van der Waals surface area contributed by atoms with Crippen molar-refractivity contribution in [3.63, 3.8) is 0 Å². The van der Waals surface area contributed by atoms with E-state index in [0.717, 1.165) is 38.2 Å². The number of halogens is 1. The summed E-state index contributed by atoms with van der Waals surface area (Å²) in [6, 6.07) is 18.1. The molecule has 0 spiro atoms. The van der Waals surface area contributed by atoms with Crippen molar-refractivity contribution in [3.8, 4) is 33.1 Å². The number of aromatic nitrogens is 4. The minimum atomic E-state index is -0.329. The third-order valence-electron chi connectivity index (χ3n) is 4.90. The van der Waals surface area contributed by atoms with Gasteiger partial charge in [0.25, 0.3) is 0 Å².